The van der Waals surface area contributed by atoms with Gasteiger partial charge in [-0.15, -0.1) is 0 Å². The van der Waals surface area contributed by atoms with E-state index >= 15 is 0 Å². The smallest absolute Gasteiger partial charge is 0.363 e. The van der Waals surface area contributed by atoms with Gasteiger partial charge in [-0.2, -0.15) is 4.98 Å². The molecule has 0 bridgehead atoms. The number of nitrogens with zero attached hydrogens (tertiary/aromatic N) is 3. The van der Waals surface area contributed by atoms with Gasteiger partial charge in [0.05, 0.1) is 6.54 Å². The van der Waals surface area contributed by atoms with E-state index < -0.39 is 22.4 Å². The lowest BCUT2D eigenvalue weighted by molar-refractivity contribution is -0.392. The predicted molar refractivity (Wildman–Crippen MR) is 53.3 cm³/mol. The molecule has 1 aliphatic heterocycles. The highest BCUT2D eigenvalue weighted by molar-refractivity contribution is 5.89. The molecular weight excluding hydrogens is 214 g/mol. The number of carboxylic acid groups (broad SMARTS) is 1. The highest BCUT2D eigenvalue weighted by atomic mass is 16.6. The number of nitro groups is 1. The molecule has 86 valence electrons. The summed E-state index contributed by atoms with van der Waals surface area (Å²) in [5.74, 6) is -0.931. The number of carbonyl (C=O) groups is 1. The van der Waals surface area contributed by atoms with Gasteiger partial charge < -0.3 is 15.2 Å². The summed E-state index contributed by atoms with van der Waals surface area (Å²) >= 11 is 0. The fraction of sp³-hybridized carbons (Fsp3) is 0.556. The quantitative estimate of drug-likeness (QED) is 0.599. The van der Waals surface area contributed by atoms with Crippen molar-refractivity contribution in [3.63, 3.8) is 0 Å². The van der Waals surface area contributed by atoms with E-state index in [9.17, 15) is 14.9 Å². The first-order chi connectivity index (χ1) is 7.50. The van der Waals surface area contributed by atoms with Crippen molar-refractivity contribution >= 4 is 11.8 Å². The van der Waals surface area contributed by atoms with Gasteiger partial charge in [0, 0.05) is 6.42 Å². The van der Waals surface area contributed by atoms with Crippen molar-refractivity contribution in [1.29, 1.82) is 0 Å². The molecule has 0 saturated carbocycles. The Morgan fingerprint density at radius 3 is 2.94 bits per heavy atom. The fourth-order valence-corrected chi connectivity index (χ4v) is 1.98. The van der Waals surface area contributed by atoms with Crippen LogP contribution in [-0.2, 0) is 13.0 Å². The minimum Gasteiger partial charge on any atom is -0.476 e. The molecule has 0 amide bonds. The summed E-state index contributed by atoms with van der Waals surface area (Å²) in [5, 5.41) is 19.7. The molecular formula is C9H11N3O4. The number of carboxylic acids is 1. The molecule has 7 heteroatoms. The topological polar surface area (TPSA) is 98.3 Å². The van der Waals surface area contributed by atoms with Gasteiger partial charge in [-0.25, -0.2) is 9.36 Å². The highest BCUT2D eigenvalue weighted by Gasteiger charge is 2.34. The number of rotatable bonds is 2. The average molecular weight is 225 g/mol. The second-order valence-corrected chi connectivity index (χ2v) is 4.02. The van der Waals surface area contributed by atoms with Crippen LogP contribution in [0.5, 0.6) is 0 Å². The van der Waals surface area contributed by atoms with Crippen LogP contribution < -0.4 is 0 Å². The van der Waals surface area contributed by atoms with Crippen LogP contribution in [0.1, 0.15) is 29.7 Å². The number of hydrogen-bond donors (Lipinski definition) is 1. The van der Waals surface area contributed by atoms with E-state index in [-0.39, 0.29) is 0 Å². The molecule has 0 saturated heterocycles. The molecule has 16 heavy (non-hydrogen) atoms. The molecule has 1 aliphatic rings. The zero-order valence-electron chi connectivity index (χ0n) is 8.71. The van der Waals surface area contributed by atoms with Gasteiger partial charge in [-0.1, -0.05) is 6.92 Å². The molecule has 2 rings (SSSR count). The Morgan fingerprint density at radius 1 is 1.69 bits per heavy atom. The minimum absolute atomic E-state index is 0.307. The molecule has 1 atom stereocenters. The van der Waals surface area contributed by atoms with Gasteiger partial charge in [0.15, 0.2) is 5.82 Å². The van der Waals surface area contributed by atoms with Crippen LogP contribution in [0.2, 0.25) is 0 Å². The normalized spacial score (nSPS) is 19.2. The van der Waals surface area contributed by atoms with Gasteiger partial charge in [0.25, 0.3) is 0 Å². The second-order valence-electron chi connectivity index (χ2n) is 4.02. The summed E-state index contributed by atoms with van der Waals surface area (Å²) in [5.41, 5.74) is -0.450. The van der Waals surface area contributed by atoms with Crippen LogP contribution in [0.4, 0.5) is 5.82 Å². The van der Waals surface area contributed by atoms with E-state index in [0.717, 1.165) is 6.42 Å². The zero-order chi connectivity index (χ0) is 11.9. The Hall–Kier alpha value is -1.92. The standard InChI is InChI=1S/C9H11N3O4/c1-5-2-3-6-10-7(9(13)14)8(12(15)16)11(6)4-5/h5H,2-4H2,1H3,(H,13,14). The van der Waals surface area contributed by atoms with Crippen molar-refractivity contribution in [1.82, 2.24) is 9.55 Å². The molecule has 1 aromatic heterocycles. The summed E-state index contributed by atoms with van der Waals surface area (Å²) in [6.45, 7) is 2.44. The van der Waals surface area contributed by atoms with Crippen molar-refractivity contribution < 1.29 is 14.8 Å². The first-order valence-corrected chi connectivity index (χ1v) is 4.97. The number of imidazole rings is 1. The first-order valence-electron chi connectivity index (χ1n) is 4.97. The summed E-state index contributed by atoms with van der Waals surface area (Å²) in [6.07, 6.45) is 1.47. The number of aryl methyl sites for hydroxylation is 1. The fourth-order valence-electron chi connectivity index (χ4n) is 1.98. The summed E-state index contributed by atoms with van der Waals surface area (Å²) in [4.78, 5) is 24.9. The lowest BCUT2D eigenvalue weighted by atomic mass is 10.0. The van der Waals surface area contributed by atoms with Gasteiger partial charge in [0.1, 0.15) is 0 Å². The predicted octanol–water partition coefficient (Wildman–Crippen LogP) is 1.07. The molecule has 1 aromatic rings. The summed E-state index contributed by atoms with van der Waals surface area (Å²) in [7, 11) is 0. The van der Waals surface area contributed by atoms with E-state index in [1.54, 1.807) is 0 Å². The Balaban J connectivity index is 2.58. The Kier molecular flexibility index (Phi) is 2.37. The van der Waals surface area contributed by atoms with E-state index in [1.807, 2.05) is 6.92 Å². The van der Waals surface area contributed by atoms with E-state index in [1.165, 1.54) is 4.57 Å². The number of fused-ring (bicyclic) bond motifs is 1. The summed E-state index contributed by atoms with van der Waals surface area (Å²) in [6, 6.07) is 0. The minimum atomic E-state index is -1.35. The largest absolute Gasteiger partial charge is 0.476 e. The van der Waals surface area contributed by atoms with Crippen molar-refractivity contribution in [3.8, 4) is 0 Å². The van der Waals surface area contributed by atoms with Crippen LogP contribution in [-0.4, -0.2) is 25.6 Å². The molecule has 0 aromatic carbocycles. The van der Waals surface area contributed by atoms with Crippen LogP contribution in [0.3, 0.4) is 0 Å². The monoisotopic (exact) mass is 225 g/mol. The average Bonchev–Trinajstić information content (AvgIpc) is 2.55. The third-order valence-electron chi connectivity index (χ3n) is 2.75. The SMILES string of the molecule is CC1CCc2nc(C(=O)O)c([N+](=O)[O-])n2C1. The van der Waals surface area contributed by atoms with E-state index in [0.29, 0.717) is 24.7 Å². The van der Waals surface area contributed by atoms with Crippen molar-refractivity contribution in [3.05, 3.63) is 21.6 Å². The van der Waals surface area contributed by atoms with Crippen LogP contribution >= 0.6 is 0 Å². The number of aromatic carboxylic acids is 1. The van der Waals surface area contributed by atoms with Gasteiger partial charge in [-0.3, -0.25) is 0 Å². The van der Waals surface area contributed by atoms with Crippen LogP contribution in [0.15, 0.2) is 0 Å². The zero-order valence-corrected chi connectivity index (χ0v) is 8.71. The maximum Gasteiger partial charge on any atom is 0.363 e. The Labute approximate surface area is 90.9 Å². The maximum atomic E-state index is 10.8. The molecule has 0 aliphatic carbocycles. The summed E-state index contributed by atoms with van der Waals surface area (Å²) < 4.78 is 1.41. The third kappa shape index (κ3) is 1.54. The molecule has 0 radical (unpaired) electrons. The van der Waals surface area contributed by atoms with Crippen molar-refractivity contribution in [2.24, 2.45) is 5.92 Å². The lowest BCUT2D eigenvalue weighted by Gasteiger charge is -2.15. The van der Waals surface area contributed by atoms with E-state index in [2.05, 4.69) is 4.98 Å². The highest BCUT2D eigenvalue weighted by Crippen LogP contribution is 2.27. The van der Waals surface area contributed by atoms with Crippen molar-refractivity contribution in [2.75, 3.05) is 0 Å². The van der Waals surface area contributed by atoms with Crippen LogP contribution in [0, 0.1) is 16.0 Å². The van der Waals surface area contributed by atoms with Gasteiger partial charge in [-0.05, 0) is 17.3 Å². The van der Waals surface area contributed by atoms with E-state index in [4.69, 9.17) is 5.11 Å². The van der Waals surface area contributed by atoms with Gasteiger partial charge >= 0.3 is 11.8 Å². The number of aromatic nitrogens is 2. The Bertz CT molecular complexity index is 466. The molecule has 1 N–H and O–H groups in total. The molecule has 1 unspecified atom stereocenters. The maximum absolute atomic E-state index is 10.8. The third-order valence-corrected chi connectivity index (χ3v) is 2.75. The van der Waals surface area contributed by atoms with Crippen molar-refractivity contribution in [2.45, 2.75) is 26.3 Å². The molecule has 0 spiro atoms. The number of hydrogen-bond acceptors (Lipinski definition) is 4. The molecule has 7 nitrogen and oxygen atoms in total. The molecule has 0 fully saturated rings. The Morgan fingerprint density at radius 2 is 2.38 bits per heavy atom. The van der Waals surface area contributed by atoms with Crippen LogP contribution in [0.25, 0.3) is 0 Å². The molecule has 2 heterocycles. The lowest BCUT2D eigenvalue weighted by Crippen LogP contribution is -2.19. The first kappa shape index (κ1) is 10.6. The second kappa shape index (κ2) is 3.58. The van der Waals surface area contributed by atoms with Gasteiger partial charge in [0.2, 0.25) is 5.69 Å².